The minimum atomic E-state index is -0.188. The Kier molecular flexibility index (Phi) is 6.42. The number of hydrogen-bond acceptors (Lipinski definition) is 3. The lowest BCUT2D eigenvalue weighted by atomic mass is 10.2. The maximum Gasteiger partial charge on any atom is 0.251 e. The Hall–Kier alpha value is -1.49. The van der Waals surface area contributed by atoms with E-state index in [1.165, 1.54) is 0 Å². The maximum absolute atomic E-state index is 11.8. The summed E-state index contributed by atoms with van der Waals surface area (Å²) in [5.74, 6) is -0.232. The summed E-state index contributed by atoms with van der Waals surface area (Å²) in [6.45, 7) is 4.30. The third kappa shape index (κ3) is 5.79. The first kappa shape index (κ1) is 15.6. The molecule has 0 heterocycles. The molecule has 0 aliphatic carbocycles. The fraction of sp³-hybridized carbons (Fsp3) is 0.429. The van der Waals surface area contributed by atoms with E-state index in [4.69, 9.17) is 0 Å². The van der Waals surface area contributed by atoms with Crippen molar-refractivity contribution < 1.29 is 9.59 Å². The van der Waals surface area contributed by atoms with Gasteiger partial charge in [0.25, 0.3) is 5.91 Å². The van der Waals surface area contributed by atoms with Crippen LogP contribution in [0.3, 0.4) is 0 Å². The molecule has 2 amide bonds. The molecule has 0 aromatic heterocycles. The average Bonchev–Trinajstić information content (AvgIpc) is 2.38. The van der Waals surface area contributed by atoms with E-state index in [9.17, 15) is 9.59 Å². The summed E-state index contributed by atoms with van der Waals surface area (Å²) >= 11 is 4.18. The molecular weight excluding hydrogens is 260 g/mol. The second-order valence-corrected chi connectivity index (χ2v) is 4.95. The molecule has 1 rings (SSSR count). The number of nitrogens with one attached hydrogen (secondary N) is 2. The van der Waals surface area contributed by atoms with Gasteiger partial charge < -0.3 is 10.6 Å². The zero-order valence-electron chi connectivity index (χ0n) is 11.3. The predicted molar refractivity (Wildman–Crippen MR) is 78.5 cm³/mol. The summed E-state index contributed by atoms with van der Waals surface area (Å²) in [7, 11) is 0. The Morgan fingerprint density at radius 2 is 2.11 bits per heavy atom. The highest BCUT2D eigenvalue weighted by molar-refractivity contribution is 7.80. The van der Waals surface area contributed by atoms with Crippen LogP contribution in [-0.4, -0.2) is 24.4 Å². The summed E-state index contributed by atoms with van der Waals surface area (Å²) in [6.07, 6.45) is 1.18. The molecule has 0 aliphatic rings. The van der Waals surface area contributed by atoms with Crippen molar-refractivity contribution in [3.8, 4) is 0 Å². The molecule has 104 valence electrons. The van der Waals surface area contributed by atoms with Gasteiger partial charge in [0.1, 0.15) is 0 Å². The van der Waals surface area contributed by atoms with Crippen molar-refractivity contribution in [2.45, 2.75) is 37.6 Å². The van der Waals surface area contributed by atoms with Crippen molar-refractivity contribution in [1.29, 1.82) is 0 Å². The summed E-state index contributed by atoms with van der Waals surface area (Å²) in [5, 5.41) is 5.56. The van der Waals surface area contributed by atoms with Gasteiger partial charge in [-0.2, -0.15) is 0 Å². The van der Waals surface area contributed by atoms with E-state index in [0.29, 0.717) is 12.1 Å². The van der Waals surface area contributed by atoms with Crippen molar-refractivity contribution in [2.24, 2.45) is 0 Å². The minimum absolute atomic E-state index is 0.0439. The van der Waals surface area contributed by atoms with E-state index < -0.39 is 0 Å². The van der Waals surface area contributed by atoms with Gasteiger partial charge in [-0.1, -0.05) is 13.0 Å². The van der Waals surface area contributed by atoms with E-state index in [1.54, 1.807) is 24.3 Å². The van der Waals surface area contributed by atoms with Crippen LogP contribution in [0.5, 0.6) is 0 Å². The van der Waals surface area contributed by atoms with Crippen molar-refractivity contribution >= 4 is 24.4 Å². The van der Waals surface area contributed by atoms with Crippen LogP contribution in [0.15, 0.2) is 29.2 Å². The average molecular weight is 280 g/mol. The Morgan fingerprint density at radius 1 is 1.37 bits per heavy atom. The molecule has 4 nitrogen and oxygen atoms in total. The molecule has 0 saturated carbocycles. The Balaban J connectivity index is 2.33. The number of thiol groups is 1. The lowest BCUT2D eigenvalue weighted by Gasteiger charge is -2.11. The Bertz CT molecular complexity index is 449. The fourth-order valence-corrected chi connectivity index (χ4v) is 1.71. The van der Waals surface area contributed by atoms with Crippen molar-refractivity contribution in [3.63, 3.8) is 0 Å². The molecular formula is C14H20N2O2S. The molecule has 0 fully saturated rings. The first-order valence-corrected chi connectivity index (χ1v) is 6.84. The van der Waals surface area contributed by atoms with Crippen molar-refractivity contribution in [3.05, 3.63) is 29.8 Å². The highest BCUT2D eigenvalue weighted by Crippen LogP contribution is 2.08. The molecule has 19 heavy (non-hydrogen) atoms. The molecule has 1 aromatic rings. The maximum atomic E-state index is 11.8. The predicted octanol–water partition coefficient (Wildman–Crippen LogP) is 2.01. The van der Waals surface area contributed by atoms with Gasteiger partial charge in [-0.25, -0.2) is 0 Å². The first-order valence-electron chi connectivity index (χ1n) is 6.39. The van der Waals surface area contributed by atoms with Gasteiger partial charge in [-0.3, -0.25) is 9.59 Å². The van der Waals surface area contributed by atoms with Crippen LogP contribution in [0.1, 0.15) is 37.0 Å². The van der Waals surface area contributed by atoms with Crippen molar-refractivity contribution in [1.82, 2.24) is 10.6 Å². The standard InChI is InChI=1S/C14H20N2O2S/c1-3-10(2)16-13(17)7-8-15-14(18)11-5-4-6-12(19)9-11/h4-6,9-10,19H,3,7-8H2,1-2H3,(H,15,18)(H,16,17). The summed E-state index contributed by atoms with van der Waals surface area (Å²) in [6, 6.07) is 7.15. The van der Waals surface area contributed by atoms with E-state index in [-0.39, 0.29) is 24.3 Å². The monoisotopic (exact) mass is 280 g/mol. The van der Waals surface area contributed by atoms with Crippen molar-refractivity contribution in [2.75, 3.05) is 6.54 Å². The molecule has 0 spiro atoms. The molecule has 0 saturated heterocycles. The summed E-state index contributed by atoms with van der Waals surface area (Å²) < 4.78 is 0. The van der Waals surface area contributed by atoms with E-state index in [0.717, 1.165) is 11.3 Å². The highest BCUT2D eigenvalue weighted by Gasteiger charge is 2.08. The third-order valence-corrected chi connectivity index (χ3v) is 3.04. The quantitative estimate of drug-likeness (QED) is 0.698. The van der Waals surface area contributed by atoms with Crippen LogP contribution in [-0.2, 0) is 4.79 Å². The van der Waals surface area contributed by atoms with Gasteiger partial charge in [0.2, 0.25) is 5.91 Å². The van der Waals surface area contributed by atoms with Gasteiger partial charge in [-0.05, 0) is 31.5 Å². The second-order valence-electron chi connectivity index (χ2n) is 4.43. The molecule has 1 aromatic carbocycles. The number of amides is 2. The lowest BCUT2D eigenvalue weighted by Crippen LogP contribution is -2.35. The van der Waals surface area contributed by atoms with E-state index in [2.05, 4.69) is 23.3 Å². The van der Waals surface area contributed by atoms with Crippen LogP contribution in [0.2, 0.25) is 0 Å². The smallest absolute Gasteiger partial charge is 0.251 e. The second kappa shape index (κ2) is 7.84. The molecule has 5 heteroatoms. The number of hydrogen-bond donors (Lipinski definition) is 3. The molecule has 1 atom stereocenters. The SMILES string of the molecule is CCC(C)NC(=O)CCNC(=O)c1cccc(S)c1. The topological polar surface area (TPSA) is 58.2 Å². The van der Waals surface area contributed by atoms with Gasteiger partial charge in [0.15, 0.2) is 0 Å². The van der Waals surface area contributed by atoms with Gasteiger partial charge >= 0.3 is 0 Å². The van der Waals surface area contributed by atoms with Gasteiger partial charge in [0.05, 0.1) is 0 Å². The summed E-state index contributed by atoms with van der Waals surface area (Å²) in [4.78, 5) is 24.0. The minimum Gasteiger partial charge on any atom is -0.354 e. The Morgan fingerprint density at radius 3 is 2.74 bits per heavy atom. The van der Waals surface area contributed by atoms with E-state index >= 15 is 0 Å². The number of carbonyl (C=O) groups excluding carboxylic acids is 2. The molecule has 0 aliphatic heterocycles. The number of benzene rings is 1. The fourth-order valence-electron chi connectivity index (χ4n) is 1.49. The third-order valence-electron chi connectivity index (χ3n) is 2.77. The normalized spacial score (nSPS) is 11.7. The van der Waals surface area contributed by atoms with Crippen LogP contribution >= 0.6 is 12.6 Å². The lowest BCUT2D eigenvalue weighted by molar-refractivity contribution is -0.121. The van der Waals surface area contributed by atoms with Gasteiger partial charge in [-0.15, -0.1) is 12.6 Å². The molecule has 1 unspecified atom stereocenters. The van der Waals surface area contributed by atoms with Crippen LogP contribution in [0, 0.1) is 0 Å². The molecule has 0 radical (unpaired) electrons. The zero-order chi connectivity index (χ0) is 14.3. The highest BCUT2D eigenvalue weighted by atomic mass is 32.1. The Labute approximate surface area is 119 Å². The number of carbonyl (C=O) groups is 2. The van der Waals surface area contributed by atoms with E-state index in [1.807, 2.05) is 13.8 Å². The largest absolute Gasteiger partial charge is 0.354 e. The summed E-state index contributed by atoms with van der Waals surface area (Å²) in [5.41, 5.74) is 0.551. The zero-order valence-corrected chi connectivity index (χ0v) is 12.2. The molecule has 2 N–H and O–H groups in total. The van der Waals surface area contributed by atoms with Gasteiger partial charge in [0, 0.05) is 29.5 Å². The first-order chi connectivity index (χ1) is 9.02. The van der Waals surface area contributed by atoms with Crippen LogP contribution in [0.4, 0.5) is 0 Å². The van der Waals surface area contributed by atoms with Crippen LogP contribution in [0.25, 0.3) is 0 Å². The number of rotatable bonds is 6. The molecule has 0 bridgehead atoms. The van der Waals surface area contributed by atoms with Crippen LogP contribution < -0.4 is 10.6 Å².